The van der Waals surface area contributed by atoms with Crippen molar-refractivity contribution in [2.24, 2.45) is 0 Å². The van der Waals surface area contributed by atoms with Crippen LogP contribution in [0.25, 0.3) is 0 Å². The van der Waals surface area contributed by atoms with Crippen LogP contribution in [0.2, 0.25) is 0 Å². The minimum Gasteiger partial charge on any atom is -0.478 e. The highest BCUT2D eigenvalue weighted by atomic mass is 19.1. The molecule has 1 aromatic carbocycles. The topological polar surface area (TPSA) is 78.4 Å². The average molecular weight is 266 g/mol. The van der Waals surface area contributed by atoms with Gasteiger partial charge in [0.2, 0.25) is 5.91 Å². The van der Waals surface area contributed by atoms with E-state index >= 15 is 0 Å². The molecule has 1 saturated heterocycles. The number of nitrogens with one attached hydrogen (secondary N) is 2. The van der Waals surface area contributed by atoms with Gasteiger partial charge in [0.1, 0.15) is 5.82 Å². The summed E-state index contributed by atoms with van der Waals surface area (Å²) in [5.41, 5.74) is -0.129. The zero-order valence-corrected chi connectivity index (χ0v) is 10.3. The van der Waals surface area contributed by atoms with E-state index in [0.29, 0.717) is 0 Å². The summed E-state index contributed by atoms with van der Waals surface area (Å²) in [7, 11) is 0. The average Bonchev–Trinajstić information content (AvgIpc) is 2.41. The maximum absolute atomic E-state index is 13.0. The summed E-state index contributed by atoms with van der Waals surface area (Å²) < 4.78 is 13.0. The summed E-state index contributed by atoms with van der Waals surface area (Å²) >= 11 is 0. The van der Waals surface area contributed by atoms with Crippen LogP contribution in [-0.4, -0.2) is 29.6 Å². The van der Waals surface area contributed by atoms with Crippen molar-refractivity contribution in [3.8, 4) is 0 Å². The molecule has 1 amide bonds. The number of benzene rings is 1. The van der Waals surface area contributed by atoms with Gasteiger partial charge in [-0.2, -0.15) is 0 Å². The maximum atomic E-state index is 13.0. The van der Waals surface area contributed by atoms with E-state index in [4.69, 9.17) is 5.11 Å². The Balaban J connectivity index is 2.13. The van der Waals surface area contributed by atoms with Crippen molar-refractivity contribution in [1.82, 2.24) is 5.32 Å². The van der Waals surface area contributed by atoms with Crippen LogP contribution >= 0.6 is 0 Å². The molecule has 3 N–H and O–H groups in total. The molecular formula is C13H15FN2O3. The van der Waals surface area contributed by atoms with E-state index < -0.39 is 11.8 Å². The molecule has 0 saturated carbocycles. The van der Waals surface area contributed by atoms with E-state index in [1.165, 1.54) is 6.07 Å². The second-order valence-electron chi connectivity index (χ2n) is 4.49. The molecule has 102 valence electrons. The zero-order valence-electron chi connectivity index (χ0n) is 10.3. The van der Waals surface area contributed by atoms with Crippen LogP contribution < -0.4 is 10.6 Å². The lowest BCUT2D eigenvalue weighted by Gasteiger charge is -2.22. The predicted molar refractivity (Wildman–Crippen MR) is 67.6 cm³/mol. The number of halogens is 1. The summed E-state index contributed by atoms with van der Waals surface area (Å²) in [5.74, 6) is -2.20. The Morgan fingerprint density at radius 2 is 2.16 bits per heavy atom. The van der Waals surface area contributed by atoms with Gasteiger partial charge < -0.3 is 15.7 Å². The Labute approximate surface area is 109 Å². The molecule has 6 heteroatoms. The third-order valence-electron chi connectivity index (χ3n) is 3.10. The number of hydrogen-bond acceptors (Lipinski definition) is 3. The summed E-state index contributed by atoms with van der Waals surface area (Å²) in [6.07, 6.45) is 2.70. The smallest absolute Gasteiger partial charge is 0.337 e. The Morgan fingerprint density at radius 3 is 2.79 bits per heavy atom. The molecule has 2 rings (SSSR count). The molecule has 1 atom stereocenters. The molecule has 1 heterocycles. The van der Waals surface area contributed by atoms with Crippen LogP contribution in [0.4, 0.5) is 10.1 Å². The molecule has 1 aliphatic heterocycles. The lowest BCUT2D eigenvalue weighted by Crippen LogP contribution is -2.43. The Morgan fingerprint density at radius 1 is 1.37 bits per heavy atom. The molecule has 1 aromatic rings. The minimum atomic E-state index is -1.27. The van der Waals surface area contributed by atoms with Gasteiger partial charge in [0.25, 0.3) is 0 Å². The lowest BCUT2D eigenvalue weighted by atomic mass is 10.0. The first kappa shape index (κ1) is 13.5. The summed E-state index contributed by atoms with van der Waals surface area (Å²) in [4.78, 5) is 23.0. The Hall–Kier alpha value is -1.95. The highest BCUT2D eigenvalue weighted by Crippen LogP contribution is 2.18. The summed E-state index contributed by atoms with van der Waals surface area (Å²) in [6, 6.07) is 2.96. The van der Waals surface area contributed by atoms with Gasteiger partial charge in [-0.1, -0.05) is 6.42 Å². The number of anilines is 1. The van der Waals surface area contributed by atoms with Crippen molar-refractivity contribution >= 4 is 17.6 Å². The van der Waals surface area contributed by atoms with Crippen LogP contribution in [0.5, 0.6) is 0 Å². The quantitative estimate of drug-likeness (QED) is 0.776. The first-order chi connectivity index (χ1) is 9.08. The van der Waals surface area contributed by atoms with E-state index in [2.05, 4.69) is 10.6 Å². The molecule has 0 aliphatic carbocycles. The van der Waals surface area contributed by atoms with Crippen LogP contribution in [0.15, 0.2) is 18.2 Å². The first-order valence-electron chi connectivity index (χ1n) is 6.15. The van der Waals surface area contributed by atoms with E-state index in [-0.39, 0.29) is 23.2 Å². The Kier molecular flexibility index (Phi) is 4.11. The van der Waals surface area contributed by atoms with E-state index in [1.54, 1.807) is 0 Å². The zero-order chi connectivity index (χ0) is 13.8. The van der Waals surface area contributed by atoms with E-state index in [9.17, 15) is 14.0 Å². The second-order valence-corrected chi connectivity index (χ2v) is 4.49. The molecule has 0 radical (unpaired) electrons. The van der Waals surface area contributed by atoms with Gasteiger partial charge in [0, 0.05) is 0 Å². The highest BCUT2D eigenvalue weighted by Gasteiger charge is 2.22. The van der Waals surface area contributed by atoms with Crippen LogP contribution in [0.1, 0.15) is 29.6 Å². The number of carbonyl (C=O) groups is 2. The fraction of sp³-hybridized carbons (Fsp3) is 0.385. The van der Waals surface area contributed by atoms with Gasteiger partial charge in [-0.3, -0.25) is 4.79 Å². The molecule has 0 bridgehead atoms. The molecule has 0 aromatic heterocycles. The number of aromatic carboxylic acids is 1. The normalized spacial score (nSPS) is 18.9. The van der Waals surface area contributed by atoms with Crippen LogP contribution in [0.3, 0.4) is 0 Å². The summed E-state index contributed by atoms with van der Waals surface area (Å²) in [5, 5.41) is 14.6. The van der Waals surface area contributed by atoms with Crippen LogP contribution in [-0.2, 0) is 4.79 Å². The SMILES string of the molecule is O=C(O)c1cc(F)ccc1NC(=O)[C@H]1CCCCN1. The van der Waals surface area contributed by atoms with E-state index in [1.807, 2.05) is 0 Å². The van der Waals surface area contributed by atoms with Crippen molar-refractivity contribution in [2.45, 2.75) is 25.3 Å². The van der Waals surface area contributed by atoms with Gasteiger partial charge >= 0.3 is 5.97 Å². The van der Waals surface area contributed by atoms with Crippen molar-refractivity contribution in [3.05, 3.63) is 29.6 Å². The highest BCUT2D eigenvalue weighted by molar-refractivity contribution is 6.02. The first-order valence-corrected chi connectivity index (χ1v) is 6.15. The second kappa shape index (κ2) is 5.79. The van der Waals surface area contributed by atoms with Gasteiger partial charge in [0.15, 0.2) is 0 Å². The fourth-order valence-electron chi connectivity index (χ4n) is 2.10. The molecule has 5 nitrogen and oxygen atoms in total. The molecule has 1 fully saturated rings. The van der Waals surface area contributed by atoms with Gasteiger partial charge in [-0.25, -0.2) is 9.18 Å². The molecular weight excluding hydrogens is 251 g/mol. The molecule has 0 unspecified atom stereocenters. The van der Waals surface area contributed by atoms with Gasteiger partial charge in [0.05, 0.1) is 17.3 Å². The number of amides is 1. The maximum Gasteiger partial charge on any atom is 0.337 e. The number of carbonyl (C=O) groups excluding carboxylic acids is 1. The minimum absolute atomic E-state index is 0.117. The van der Waals surface area contributed by atoms with E-state index in [0.717, 1.165) is 37.9 Å². The monoisotopic (exact) mass is 266 g/mol. The van der Waals surface area contributed by atoms with Gasteiger partial charge in [-0.15, -0.1) is 0 Å². The lowest BCUT2D eigenvalue weighted by molar-refractivity contribution is -0.118. The van der Waals surface area contributed by atoms with Crippen molar-refractivity contribution in [1.29, 1.82) is 0 Å². The van der Waals surface area contributed by atoms with Gasteiger partial charge in [-0.05, 0) is 37.6 Å². The standard InChI is InChI=1S/C13H15FN2O3/c14-8-4-5-10(9(7-8)13(18)19)16-12(17)11-3-1-2-6-15-11/h4-5,7,11,15H,1-3,6H2,(H,16,17)(H,18,19)/t11-/m1/s1. The summed E-state index contributed by atoms with van der Waals surface area (Å²) in [6.45, 7) is 0.771. The Bertz CT molecular complexity index is 499. The fourth-order valence-corrected chi connectivity index (χ4v) is 2.10. The molecule has 0 spiro atoms. The molecule has 19 heavy (non-hydrogen) atoms. The predicted octanol–water partition coefficient (Wildman–Crippen LogP) is 1.60. The third-order valence-corrected chi connectivity index (χ3v) is 3.10. The third kappa shape index (κ3) is 3.29. The number of rotatable bonds is 3. The van der Waals surface area contributed by atoms with Crippen molar-refractivity contribution in [2.75, 3.05) is 11.9 Å². The van der Waals surface area contributed by atoms with Crippen molar-refractivity contribution in [3.63, 3.8) is 0 Å². The molecule has 1 aliphatic rings. The van der Waals surface area contributed by atoms with Crippen LogP contribution in [0, 0.1) is 5.82 Å². The number of hydrogen-bond donors (Lipinski definition) is 3. The number of carboxylic acid groups (broad SMARTS) is 1. The number of piperidine rings is 1. The largest absolute Gasteiger partial charge is 0.478 e. The van der Waals surface area contributed by atoms with Crippen molar-refractivity contribution < 1.29 is 19.1 Å². The number of carboxylic acids is 1.